The lowest BCUT2D eigenvalue weighted by atomic mass is 9.72. The van der Waals surface area contributed by atoms with Gasteiger partial charge in [-0.25, -0.2) is 4.98 Å². The molecule has 0 amide bonds. The molecular weight excluding hydrogens is 476 g/mol. The Bertz CT molecular complexity index is 958. The van der Waals surface area contributed by atoms with E-state index in [1.165, 1.54) is 152 Å². The maximum atomic E-state index is 12.0. The number of rotatable bonds is 1. The minimum atomic E-state index is -0.220. The van der Waals surface area contributed by atoms with E-state index < -0.39 is 0 Å². The van der Waals surface area contributed by atoms with Crippen molar-refractivity contribution in [2.45, 2.75) is 153 Å². The van der Waals surface area contributed by atoms with Gasteiger partial charge in [0.15, 0.2) is 0 Å². The van der Waals surface area contributed by atoms with Crippen molar-refractivity contribution in [3.63, 3.8) is 0 Å². The Labute approximate surface area is 239 Å². The molecule has 3 saturated carbocycles. The minimum Gasteiger partial charge on any atom is -0.392 e. The van der Waals surface area contributed by atoms with Gasteiger partial charge in [-0.15, -0.1) is 0 Å². The molecule has 3 nitrogen and oxygen atoms in total. The number of hydrogen-bond donors (Lipinski definition) is 1. The first-order valence-electron chi connectivity index (χ1n) is 17.1. The number of imidazole rings is 1. The van der Waals surface area contributed by atoms with Gasteiger partial charge in [-0.3, -0.25) is 0 Å². The molecule has 3 atom stereocenters. The molecule has 6 rings (SSSR count). The van der Waals surface area contributed by atoms with Gasteiger partial charge in [0.2, 0.25) is 0 Å². The van der Waals surface area contributed by atoms with Crippen LogP contribution in [-0.2, 0) is 0 Å². The van der Waals surface area contributed by atoms with Crippen molar-refractivity contribution in [2.75, 3.05) is 0 Å². The zero-order valence-electron chi connectivity index (χ0n) is 24.7. The van der Waals surface area contributed by atoms with E-state index in [0.717, 1.165) is 12.3 Å². The molecule has 216 valence electrons. The largest absolute Gasteiger partial charge is 0.392 e. The molecule has 1 aromatic carbocycles. The van der Waals surface area contributed by atoms with Crippen molar-refractivity contribution in [3.05, 3.63) is 42.4 Å². The van der Waals surface area contributed by atoms with Crippen LogP contribution in [-0.4, -0.2) is 20.8 Å². The molecule has 1 N–H and O–H groups in total. The average Bonchev–Trinajstić information content (AvgIpc) is 3.56. The van der Waals surface area contributed by atoms with Crippen LogP contribution in [0.15, 0.2) is 36.8 Å². The van der Waals surface area contributed by atoms with Crippen LogP contribution in [0.3, 0.4) is 0 Å². The minimum absolute atomic E-state index is 0.220. The third-order valence-electron chi connectivity index (χ3n) is 10.6. The molecule has 1 aliphatic heterocycles. The van der Waals surface area contributed by atoms with Crippen LogP contribution < -0.4 is 0 Å². The van der Waals surface area contributed by atoms with Crippen LogP contribution in [0.4, 0.5) is 0 Å². The van der Waals surface area contributed by atoms with Gasteiger partial charge in [-0.05, 0) is 36.7 Å². The van der Waals surface area contributed by atoms with Gasteiger partial charge in [-0.2, -0.15) is 0 Å². The highest BCUT2D eigenvalue weighted by Crippen LogP contribution is 2.47. The molecule has 2 aromatic rings. The third kappa shape index (κ3) is 7.78. The van der Waals surface area contributed by atoms with Gasteiger partial charge < -0.3 is 9.67 Å². The number of aliphatic hydroxyl groups excluding tert-OH is 1. The highest BCUT2D eigenvalue weighted by molar-refractivity contribution is 5.69. The fourth-order valence-electron chi connectivity index (χ4n) is 8.28. The molecule has 3 fully saturated rings. The second-order valence-corrected chi connectivity index (χ2v) is 13.4. The van der Waals surface area contributed by atoms with Gasteiger partial charge in [-0.1, -0.05) is 146 Å². The Kier molecular flexibility index (Phi) is 11.4. The van der Waals surface area contributed by atoms with E-state index in [1.54, 1.807) is 0 Å². The molecule has 2 bridgehead atoms. The second kappa shape index (κ2) is 15.4. The van der Waals surface area contributed by atoms with Crippen LogP contribution in [0.1, 0.15) is 153 Å². The summed E-state index contributed by atoms with van der Waals surface area (Å²) < 4.78 is 2.39. The molecule has 0 spiro atoms. The fourth-order valence-corrected chi connectivity index (χ4v) is 8.28. The molecule has 1 aromatic heterocycles. The number of aliphatic hydroxyl groups is 1. The van der Waals surface area contributed by atoms with Crippen molar-refractivity contribution in [1.82, 2.24) is 9.55 Å². The molecule has 4 aliphatic rings. The molecule has 3 heteroatoms. The van der Waals surface area contributed by atoms with Crippen molar-refractivity contribution >= 4 is 0 Å². The average molecular weight is 533 g/mol. The molecule has 3 aliphatic carbocycles. The maximum absolute atomic E-state index is 12.0. The quantitative estimate of drug-likeness (QED) is 0.397. The van der Waals surface area contributed by atoms with Gasteiger partial charge in [0.05, 0.1) is 30.4 Å². The Morgan fingerprint density at radius 3 is 1.77 bits per heavy atom. The summed E-state index contributed by atoms with van der Waals surface area (Å²) in [6, 6.07) is 9.12. The van der Waals surface area contributed by atoms with Crippen molar-refractivity contribution in [2.24, 2.45) is 17.8 Å². The Balaban J connectivity index is 1.24. The van der Waals surface area contributed by atoms with E-state index in [2.05, 4.69) is 33.8 Å². The lowest BCUT2D eigenvalue weighted by Crippen LogP contribution is -2.37. The number of nitrogens with zero attached hydrogens (tertiary/aromatic N) is 2. The first kappa shape index (κ1) is 28.9. The smallest absolute Gasteiger partial charge is 0.0956 e. The summed E-state index contributed by atoms with van der Waals surface area (Å²) in [4.78, 5) is 4.54. The molecule has 2 heterocycles. The van der Waals surface area contributed by atoms with E-state index in [1.807, 2.05) is 12.5 Å². The van der Waals surface area contributed by atoms with Crippen molar-refractivity contribution < 1.29 is 5.11 Å². The van der Waals surface area contributed by atoms with E-state index >= 15 is 0 Å². The summed E-state index contributed by atoms with van der Waals surface area (Å²) in [5.41, 5.74) is 3.96. The highest BCUT2D eigenvalue weighted by Gasteiger charge is 2.40. The van der Waals surface area contributed by atoms with E-state index in [-0.39, 0.29) is 18.1 Å². The predicted octanol–water partition coefficient (Wildman–Crippen LogP) is 10.3. The SMILES string of the molecule is O[C@H]1C2CCC(CCCCCCCCCCCCCCCCCC[C@@H]1[C@H]1c3ccccc3-c3cncn31)CC2. The van der Waals surface area contributed by atoms with E-state index in [9.17, 15) is 5.11 Å². The predicted molar refractivity (Wildman–Crippen MR) is 164 cm³/mol. The molecule has 0 unspecified atom stereocenters. The Morgan fingerprint density at radius 1 is 0.615 bits per heavy atom. The summed E-state index contributed by atoms with van der Waals surface area (Å²) in [5.74, 6) is 1.62. The molecule has 0 radical (unpaired) electrons. The third-order valence-corrected chi connectivity index (χ3v) is 10.6. The number of benzene rings is 1. The van der Waals surface area contributed by atoms with E-state index in [0.29, 0.717) is 5.92 Å². The summed E-state index contributed by atoms with van der Waals surface area (Å²) in [7, 11) is 0. The standard InChI is InChI=1S/C36H56N2O/c39-36-30-25-23-29(24-26-30)19-15-13-11-9-7-5-3-1-2-4-6-8-10-12-14-16-22-33(36)35-32-21-18-17-20-31(32)34-27-37-28-38(34)35/h17-18,20-21,27-30,33,35-36,39H,1-16,19,22-26H2/t29?,30?,33-,35-,36+/m1/s1. The number of aromatic nitrogens is 2. The normalized spacial score (nSPS) is 30.7. The molecular formula is C36H56N2O. The lowest BCUT2D eigenvalue weighted by Gasteiger charge is -2.38. The van der Waals surface area contributed by atoms with Crippen LogP contribution in [0.2, 0.25) is 0 Å². The van der Waals surface area contributed by atoms with Gasteiger partial charge in [0, 0.05) is 11.5 Å². The van der Waals surface area contributed by atoms with Crippen LogP contribution in [0.25, 0.3) is 11.3 Å². The maximum Gasteiger partial charge on any atom is 0.0956 e. The fraction of sp³-hybridized carbons (Fsp3) is 0.750. The van der Waals surface area contributed by atoms with Gasteiger partial charge >= 0.3 is 0 Å². The summed E-state index contributed by atoms with van der Waals surface area (Å²) >= 11 is 0. The first-order valence-corrected chi connectivity index (χ1v) is 17.1. The molecule has 0 saturated heterocycles. The van der Waals surface area contributed by atoms with Crippen molar-refractivity contribution in [1.29, 1.82) is 0 Å². The topological polar surface area (TPSA) is 38.1 Å². The summed E-state index contributed by atoms with van der Waals surface area (Å²) in [6.07, 6.45) is 34.0. The second-order valence-electron chi connectivity index (χ2n) is 13.4. The van der Waals surface area contributed by atoms with Gasteiger partial charge in [0.1, 0.15) is 0 Å². The first-order chi connectivity index (χ1) is 19.3. The number of fused-ring (bicyclic) bond motifs is 24. The van der Waals surface area contributed by atoms with Crippen LogP contribution >= 0.6 is 0 Å². The molecule has 39 heavy (non-hydrogen) atoms. The zero-order valence-corrected chi connectivity index (χ0v) is 24.7. The van der Waals surface area contributed by atoms with Crippen LogP contribution in [0, 0.1) is 17.8 Å². The summed E-state index contributed by atoms with van der Waals surface area (Å²) in [5, 5.41) is 12.0. The number of hydrogen-bond acceptors (Lipinski definition) is 2. The van der Waals surface area contributed by atoms with Crippen LogP contribution in [0.5, 0.6) is 0 Å². The Morgan fingerprint density at radius 2 is 1.15 bits per heavy atom. The van der Waals surface area contributed by atoms with Crippen molar-refractivity contribution in [3.8, 4) is 11.3 Å². The monoisotopic (exact) mass is 532 g/mol. The lowest BCUT2D eigenvalue weighted by molar-refractivity contribution is 0.00738. The Hall–Kier alpha value is -1.61. The van der Waals surface area contributed by atoms with Gasteiger partial charge in [0.25, 0.3) is 0 Å². The highest BCUT2D eigenvalue weighted by atomic mass is 16.3. The van der Waals surface area contributed by atoms with E-state index in [4.69, 9.17) is 0 Å². The zero-order chi connectivity index (χ0) is 26.7. The summed E-state index contributed by atoms with van der Waals surface area (Å²) in [6.45, 7) is 0.